The summed E-state index contributed by atoms with van der Waals surface area (Å²) in [5, 5.41) is 0. The van der Waals surface area contributed by atoms with E-state index in [1.807, 2.05) is 0 Å². The second-order valence-electron chi connectivity index (χ2n) is 5.05. The van der Waals surface area contributed by atoms with Gasteiger partial charge in [-0.2, -0.15) is 0 Å². The molecule has 16 heavy (non-hydrogen) atoms. The van der Waals surface area contributed by atoms with Crippen molar-refractivity contribution in [2.45, 2.75) is 61.8 Å². The van der Waals surface area contributed by atoms with E-state index in [-0.39, 0.29) is 0 Å². The van der Waals surface area contributed by atoms with E-state index in [9.17, 15) is 0 Å². The molecule has 0 spiro atoms. The van der Waals surface area contributed by atoms with Gasteiger partial charge in [-0.3, -0.25) is 0 Å². The molecule has 3 aliphatic rings. The molecule has 2 radical (unpaired) electrons. The molecule has 2 atom stereocenters. The quantitative estimate of drug-likeness (QED) is 0.669. The van der Waals surface area contributed by atoms with Crippen molar-refractivity contribution >= 4 is 23.2 Å². The van der Waals surface area contributed by atoms with Crippen molar-refractivity contribution < 1.29 is 4.74 Å². The third-order valence-electron chi connectivity index (χ3n) is 3.66. The molecule has 3 fully saturated rings. The summed E-state index contributed by atoms with van der Waals surface area (Å²) in [6, 6.07) is 0. The maximum absolute atomic E-state index is 6.28. The minimum absolute atomic E-state index is 0.428. The molecule has 0 aromatic rings. The van der Waals surface area contributed by atoms with Gasteiger partial charge in [-0.05, 0) is 38.0 Å². The van der Waals surface area contributed by atoms with E-state index in [1.54, 1.807) is 0 Å². The number of hydrogen-bond donors (Lipinski definition) is 0. The second-order valence-corrected chi connectivity index (χ2v) is 6.69. The topological polar surface area (TPSA) is 9.23 Å². The largest absolute Gasteiger partial charge is 0.368 e. The van der Waals surface area contributed by atoms with E-state index < -0.39 is 4.33 Å². The first-order chi connectivity index (χ1) is 7.61. The van der Waals surface area contributed by atoms with Crippen LogP contribution >= 0.6 is 23.2 Å². The predicted molar refractivity (Wildman–Crippen MR) is 68.3 cm³/mol. The van der Waals surface area contributed by atoms with Crippen LogP contribution in [0.1, 0.15) is 51.4 Å². The third-order valence-corrected chi connectivity index (χ3v) is 4.31. The molecule has 3 heteroatoms. The van der Waals surface area contributed by atoms with E-state index in [0.717, 1.165) is 18.9 Å². The van der Waals surface area contributed by atoms with Crippen molar-refractivity contribution in [2.24, 2.45) is 5.92 Å². The van der Waals surface area contributed by atoms with E-state index >= 15 is 0 Å². The van der Waals surface area contributed by atoms with Crippen LogP contribution in [0.4, 0.5) is 0 Å². The lowest BCUT2D eigenvalue weighted by Gasteiger charge is -2.35. The Kier molecular flexibility index (Phi) is 4.43. The van der Waals surface area contributed by atoms with Gasteiger partial charge in [0.2, 0.25) is 0 Å². The van der Waals surface area contributed by atoms with Gasteiger partial charge in [0.1, 0.15) is 10.4 Å². The average molecular weight is 263 g/mol. The first-order valence-corrected chi connectivity index (χ1v) is 7.06. The molecule has 0 aromatic heterocycles. The summed E-state index contributed by atoms with van der Waals surface area (Å²) in [6.45, 7) is 3.81. The zero-order valence-corrected chi connectivity index (χ0v) is 11.2. The van der Waals surface area contributed by atoms with Crippen molar-refractivity contribution in [3.8, 4) is 0 Å². The molecule has 2 unspecified atom stereocenters. The van der Waals surface area contributed by atoms with Crippen LogP contribution in [0.25, 0.3) is 0 Å². The molecule has 1 aliphatic carbocycles. The van der Waals surface area contributed by atoms with Crippen LogP contribution in [0.3, 0.4) is 0 Å². The van der Waals surface area contributed by atoms with Gasteiger partial charge in [-0.15, -0.1) is 23.2 Å². The van der Waals surface area contributed by atoms with E-state index in [4.69, 9.17) is 27.9 Å². The Morgan fingerprint density at radius 2 is 2.06 bits per heavy atom. The molecule has 2 heterocycles. The second kappa shape index (κ2) is 5.46. The highest BCUT2D eigenvalue weighted by Crippen LogP contribution is 2.46. The Morgan fingerprint density at radius 1 is 1.25 bits per heavy atom. The van der Waals surface area contributed by atoms with Crippen molar-refractivity contribution in [1.29, 1.82) is 0 Å². The van der Waals surface area contributed by atoms with Gasteiger partial charge in [0, 0.05) is 6.42 Å². The van der Waals surface area contributed by atoms with Crippen LogP contribution in [0.2, 0.25) is 0 Å². The molecule has 1 saturated carbocycles. The van der Waals surface area contributed by atoms with Gasteiger partial charge in [0.15, 0.2) is 0 Å². The number of alkyl halides is 2. The zero-order chi connectivity index (χ0) is 11.6. The highest BCUT2D eigenvalue weighted by Gasteiger charge is 2.39. The SMILES string of the molecule is [CH2]CCC(Cl)(Cl)C[C]1OC2CCCC1CC2. The molecule has 2 aliphatic heterocycles. The van der Waals surface area contributed by atoms with Crippen molar-refractivity contribution in [3.63, 3.8) is 0 Å². The summed E-state index contributed by atoms with van der Waals surface area (Å²) in [5.41, 5.74) is 0. The number of rotatable bonds is 4. The summed E-state index contributed by atoms with van der Waals surface area (Å²) in [7, 11) is 0. The van der Waals surface area contributed by atoms with Crippen LogP contribution in [0.5, 0.6) is 0 Å². The number of halogens is 2. The average Bonchev–Trinajstić information content (AvgIpc) is 2.51. The maximum Gasteiger partial charge on any atom is 0.121 e. The Bertz CT molecular complexity index is 226. The van der Waals surface area contributed by atoms with Crippen molar-refractivity contribution in [2.75, 3.05) is 0 Å². The number of fused-ring (bicyclic) bond motifs is 4. The third kappa shape index (κ3) is 3.27. The van der Waals surface area contributed by atoms with Gasteiger partial charge in [0.05, 0.1) is 6.10 Å². The summed E-state index contributed by atoms with van der Waals surface area (Å²) >= 11 is 12.6. The highest BCUT2D eigenvalue weighted by atomic mass is 35.5. The fourth-order valence-corrected chi connectivity index (χ4v) is 3.34. The first-order valence-electron chi connectivity index (χ1n) is 6.30. The minimum Gasteiger partial charge on any atom is -0.368 e. The normalized spacial score (nSPS) is 31.7. The Hall–Kier alpha value is 0.540. The molecule has 2 bridgehead atoms. The first kappa shape index (κ1) is 13.0. The zero-order valence-electron chi connectivity index (χ0n) is 9.68. The van der Waals surface area contributed by atoms with Crippen LogP contribution in [0.15, 0.2) is 0 Å². The Morgan fingerprint density at radius 3 is 2.81 bits per heavy atom. The van der Waals surface area contributed by atoms with Gasteiger partial charge >= 0.3 is 0 Å². The Labute approximate surface area is 109 Å². The molecule has 1 nitrogen and oxygen atoms in total. The summed E-state index contributed by atoms with van der Waals surface area (Å²) in [6.07, 6.45) is 9.99. The van der Waals surface area contributed by atoms with Crippen molar-refractivity contribution in [3.05, 3.63) is 13.0 Å². The van der Waals surface area contributed by atoms with E-state index in [1.165, 1.54) is 32.1 Å². The van der Waals surface area contributed by atoms with Gasteiger partial charge in [0.25, 0.3) is 0 Å². The molecule has 92 valence electrons. The lowest BCUT2D eigenvalue weighted by Crippen LogP contribution is -2.30. The predicted octanol–water partition coefficient (Wildman–Crippen LogP) is 4.68. The molecule has 0 aromatic carbocycles. The summed E-state index contributed by atoms with van der Waals surface area (Å²) in [4.78, 5) is 0. The lowest BCUT2D eigenvalue weighted by molar-refractivity contribution is -0.00307. The molecule has 2 saturated heterocycles. The van der Waals surface area contributed by atoms with Gasteiger partial charge in [-0.25, -0.2) is 0 Å². The van der Waals surface area contributed by atoms with Crippen LogP contribution in [0, 0.1) is 18.9 Å². The number of ether oxygens (including phenoxy) is 1. The molecular weight excluding hydrogens is 243 g/mol. The van der Waals surface area contributed by atoms with Crippen molar-refractivity contribution in [1.82, 2.24) is 0 Å². The fourth-order valence-electron chi connectivity index (χ4n) is 2.81. The summed E-state index contributed by atoms with van der Waals surface area (Å²) in [5.74, 6) is 0.598. The highest BCUT2D eigenvalue weighted by molar-refractivity contribution is 6.48. The molecule has 0 amide bonds. The summed E-state index contributed by atoms with van der Waals surface area (Å²) < 4.78 is 5.34. The molecule has 3 rings (SSSR count). The minimum atomic E-state index is -0.679. The van der Waals surface area contributed by atoms with Gasteiger partial charge in [-0.1, -0.05) is 19.8 Å². The monoisotopic (exact) mass is 262 g/mol. The van der Waals surface area contributed by atoms with E-state index in [0.29, 0.717) is 18.4 Å². The molecular formula is C13H20Cl2O. The fraction of sp³-hybridized carbons (Fsp3) is 0.846. The van der Waals surface area contributed by atoms with Crippen LogP contribution in [-0.2, 0) is 4.74 Å². The Balaban J connectivity index is 1.94. The van der Waals surface area contributed by atoms with E-state index in [2.05, 4.69) is 6.92 Å². The maximum atomic E-state index is 6.28. The van der Waals surface area contributed by atoms with Crippen LogP contribution in [-0.4, -0.2) is 10.4 Å². The standard InChI is InChI=1S/C13H20Cl2O/c1-2-8-13(14,15)9-12-10-4-3-5-11(16-12)7-6-10/h10-11H,1-9H2. The van der Waals surface area contributed by atoms with Crippen LogP contribution < -0.4 is 0 Å². The molecule has 0 N–H and O–H groups in total. The lowest BCUT2D eigenvalue weighted by atomic mass is 9.88. The van der Waals surface area contributed by atoms with Gasteiger partial charge < -0.3 is 4.74 Å². The smallest absolute Gasteiger partial charge is 0.121 e. The number of hydrogen-bond acceptors (Lipinski definition) is 1.